The highest BCUT2D eigenvalue weighted by atomic mass is 32.2. The first-order valence-electron chi connectivity index (χ1n) is 6.33. The molecule has 0 heterocycles. The highest BCUT2D eigenvalue weighted by Gasteiger charge is 2.23. The Labute approximate surface area is 120 Å². The second-order valence-corrected chi connectivity index (χ2v) is 6.66. The van der Waals surface area contributed by atoms with E-state index in [9.17, 15) is 8.42 Å². The molecule has 114 valence electrons. The molecule has 0 aliphatic carbocycles. The molecule has 1 N–H and O–H groups in total. The lowest BCUT2D eigenvalue weighted by Gasteiger charge is -2.24. The van der Waals surface area contributed by atoms with Crippen LogP contribution in [-0.4, -0.2) is 56.5 Å². The van der Waals surface area contributed by atoms with Gasteiger partial charge in [-0.05, 0) is 24.1 Å². The van der Waals surface area contributed by atoms with Crippen molar-refractivity contribution in [3.8, 4) is 5.75 Å². The molecule has 0 fully saturated rings. The summed E-state index contributed by atoms with van der Waals surface area (Å²) in [7, 11) is 1.10. The SMILES string of the molecule is COc1cccc(CN(C)S(=O)(=O)N(C)CCCO)c1. The molecular weight excluding hydrogens is 280 g/mol. The summed E-state index contributed by atoms with van der Waals surface area (Å²) in [6, 6.07) is 7.29. The predicted octanol–water partition coefficient (Wildman–Crippen LogP) is 0.686. The zero-order valence-electron chi connectivity index (χ0n) is 12.1. The van der Waals surface area contributed by atoms with Crippen molar-refractivity contribution >= 4 is 10.2 Å². The molecule has 0 amide bonds. The summed E-state index contributed by atoms with van der Waals surface area (Å²) >= 11 is 0. The van der Waals surface area contributed by atoms with Crippen molar-refractivity contribution in [1.29, 1.82) is 0 Å². The molecule has 0 aliphatic rings. The van der Waals surface area contributed by atoms with E-state index < -0.39 is 10.2 Å². The van der Waals surface area contributed by atoms with E-state index >= 15 is 0 Å². The standard InChI is InChI=1S/C13H22N2O4S/c1-14(8-5-9-16)20(17,18)15(2)11-12-6-4-7-13(10-12)19-3/h4,6-7,10,16H,5,8-9,11H2,1-3H3. The van der Waals surface area contributed by atoms with Gasteiger partial charge in [-0.25, -0.2) is 0 Å². The first-order chi connectivity index (χ1) is 9.41. The van der Waals surface area contributed by atoms with Gasteiger partial charge < -0.3 is 9.84 Å². The van der Waals surface area contributed by atoms with Crippen LogP contribution in [-0.2, 0) is 16.8 Å². The summed E-state index contributed by atoms with van der Waals surface area (Å²) in [5.41, 5.74) is 0.853. The minimum atomic E-state index is -3.51. The van der Waals surface area contributed by atoms with Gasteiger partial charge in [0, 0.05) is 33.8 Å². The molecule has 0 spiro atoms. The third-order valence-corrected chi connectivity index (χ3v) is 4.85. The van der Waals surface area contributed by atoms with Gasteiger partial charge in [0.05, 0.1) is 7.11 Å². The number of aliphatic hydroxyl groups excluding tert-OH is 1. The van der Waals surface area contributed by atoms with E-state index in [1.54, 1.807) is 13.2 Å². The highest BCUT2D eigenvalue weighted by Crippen LogP contribution is 2.16. The third kappa shape index (κ3) is 4.45. The minimum absolute atomic E-state index is 0.0283. The minimum Gasteiger partial charge on any atom is -0.497 e. The summed E-state index contributed by atoms with van der Waals surface area (Å²) in [5.74, 6) is 0.696. The number of hydrogen-bond acceptors (Lipinski definition) is 4. The molecule has 6 nitrogen and oxygen atoms in total. The smallest absolute Gasteiger partial charge is 0.281 e. The van der Waals surface area contributed by atoms with Crippen LogP contribution < -0.4 is 4.74 Å². The molecule has 0 unspecified atom stereocenters. The van der Waals surface area contributed by atoms with Crippen LogP contribution >= 0.6 is 0 Å². The summed E-state index contributed by atoms with van der Waals surface area (Å²) in [5, 5.41) is 8.76. The topological polar surface area (TPSA) is 70.1 Å². The maximum atomic E-state index is 12.2. The van der Waals surface area contributed by atoms with Crippen molar-refractivity contribution in [3.05, 3.63) is 29.8 Å². The fourth-order valence-corrected chi connectivity index (χ4v) is 2.90. The van der Waals surface area contributed by atoms with E-state index in [1.807, 2.05) is 18.2 Å². The Hall–Kier alpha value is -1.15. The molecule has 0 saturated heterocycles. The molecule has 0 bridgehead atoms. The Morgan fingerprint density at radius 1 is 1.25 bits per heavy atom. The van der Waals surface area contributed by atoms with Gasteiger partial charge in [0.15, 0.2) is 0 Å². The van der Waals surface area contributed by atoms with Crippen LogP contribution in [0.4, 0.5) is 0 Å². The van der Waals surface area contributed by atoms with E-state index in [0.717, 1.165) is 5.56 Å². The molecule has 1 aromatic carbocycles. The normalized spacial score (nSPS) is 12.1. The van der Waals surface area contributed by atoms with Crippen molar-refractivity contribution in [1.82, 2.24) is 8.61 Å². The molecule has 0 radical (unpaired) electrons. The van der Waals surface area contributed by atoms with Gasteiger partial charge in [-0.15, -0.1) is 0 Å². The number of aliphatic hydroxyl groups is 1. The average Bonchev–Trinajstić information content (AvgIpc) is 2.44. The molecule has 1 aromatic rings. The van der Waals surface area contributed by atoms with Crippen LogP contribution in [0.1, 0.15) is 12.0 Å². The Kier molecular flexibility index (Phi) is 6.41. The number of ether oxygens (including phenoxy) is 1. The zero-order chi connectivity index (χ0) is 15.2. The van der Waals surface area contributed by atoms with Crippen LogP contribution in [0.15, 0.2) is 24.3 Å². The second kappa shape index (κ2) is 7.58. The predicted molar refractivity (Wildman–Crippen MR) is 77.7 cm³/mol. The third-order valence-electron chi connectivity index (χ3n) is 2.96. The van der Waals surface area contributed by atoms with Gasteiger partial charge >= 0.3 is 0 Å². The van der Waals surface area contributed by atoms with Gasteiger partial charge in [0.25, 0.3) is 10.2 Å². The van der Waals surface area contributed by atoms with Crippen molar-refractivity contribution in [2.75, 3.05) is 34.4 Å². The van der Waals surface area contributed by atoms with Crippen molar-refractivity contribution in [3.63, 3.8) is 0 Å². The Morgan fingerprint density at radius 2 is 1.95 bits per heavy atom. The maximum Gasteiger partial charge on any atom is 0.281 e. The number of rotatable bonds is 8. The first-order valence-corrected chi connectivity index (χ1v) is 7.73. The van der Waals surface area contributed by atoms with E-state index in [2.05, 4.69) is 0 Å². The number of methoxy groups -OCH3 is 1. The number of nitrogens with zero attached hydrogens (tertiary/aromatic N) is 2. The van der Waals surface area contributed by atoms with E-state index in [1.165, 1.54) is 22.7 Å². The molecule has 20 heavy (non-hydrogen) atoms. The zero-order valence-corrected chi connectivity index (χ0v) is 12.9. The molecule has 0 atom stereocenters. The average molecular weight is 302 g/mol. The molecule has 1 rings (SSSR count). The Balaban J connectivity index is 2.75. The quantitative estimate of drug-likeness (QED) is 0.767. The van der Waals surface area contributed by atoms with Crippen LogP contribution in [0.25, 0.3) is 0 Å². The van der Waals surface area contributed by atoms with Crippen molar-refractivity contribution < 1.29 is 18.3 Å². The lowest BCUT2D eigenvalue weighted by molar-refractivity contribution is 0.272. The molecule has 0 aromatic heterocycles. The van der Waals surface area contributed by atoms with E-state index in [-0.39, 0.29) is 13.2 Å². The van der Waals surface area contributed by atoms with Gasteiger partial charge in [0.1, 0.15) is 5.75 Å². The summed E-state index contributed by atoms with van der Waals surface area (Å²) in [4.78, 5) is 0. The Bertz CT molecular complexity index is 519. The first kappa shape index (κ1) is 16.9. The number of benzene rings is 1. The van der Waals surface area contributed by atoms with Gasteiger partial charge in [0.2, 0.25) is 0 Å². The van der Waals surface area contributed by atoms with Gasteiger partial charge in [-0.3, -0.25) is 0 Å². The monoisotopic (exact) mass is 302 g/mol. The second-order valence-electron chi connectivity index (χ2n) is 4.51. The lowest BCUT2D eigenvalue weighted by atomic mass is 10.2. The highest BCUT2D eigenvalue weighted by molar-refractivity contribution is 7.86. The Morgan fingerprint density at radius 3 is 2.55 bits per heavy atom. The summed E-state index contributed by atoms with van der Waals surface area (Å²) < 4.78 is 32.1. The van der Waals surface area contributed by atoms with Crippen LogP contribution in [0.5, 0.6) is 5.75 Å². The largest absolute Gasteiger partial charge is 0.497 e. The summed E-state index contributed by atoms with van der Waals surface area (Å²) in [6.07, 6.45) is 0.419. The van der Waals surface area contributed by atoms with E-state index in [4.69, 9.17) is 9.84 Å². The van der Waals surface area contributed by atoms with Crippen molar-refractivity contribution in [2.24, 2.45) is 0 Å². The molecule has 0 saturated carbocycles. The van der Waals surface area contributed by atoms with E-state index in [0.29, 0.717) is 18.7 Å². The fraction of sp³-hybridized carbons (Fsp3) is 0.538. The van der Waals surface area contributed by atoms with Crippen LogP contribution in [0, 0.1) is 0 Å². The van der Waals surface area contributed by atoms with Gasteiger partial charge in [-0.1, -0.05) is 12.1 Å². The molecule has 7 heteroatoms. The lowest BCUT2D eigenvalue weighted by Crippen LogP contribution is -2.39. The van der Waals surface area contributed by atoms with Crippen molar-refractivity contribution in [2.45, 2.75) is 13.0 Å². The van der Waals surface area contributed by atoms with Crippen LogP contribution in [0.2, 0.25) is 0 Å². The van der Waals surface area contributed by atoms with Crippen LogP contribution in [0.3, 0.4) is 0 Å². The maximum absolute atomic E-state index is 12.2. The van der Waals surface area contributed by atoms with Gasteiger partial charge in [-0.2, -0.15) is 17.0 Å². The summed E-state index contributed by atoms with van der Waals surface area (Å²) in [6.45, 7) is 0.531. The molecular formula is C13H22N2O4S. The number of hydrogen-bond donors (Lipinski definition) is 1. The molecule has 0 aliphatic heterocycles. The fourth-order valence-electron chi connectivity index (χ4n) is 1.76.